The molecule has 0 saturated carbocycles. The van der Waals surface area contributed by atoms with Crippen LogP contribution in [0.15, 0.2) is 0 Å². The van der Waals surface area contributed by atoms with Crippen LogP contribution in [0.25, 0.3) is 0 Å². The molecule has 7 nitrogen and oxygen atoms in total. The molecule has 0 aromatic heterocycles. The Morgan fingerprint density at radius 3 is 0.536 bits per heavy atom. The highest BCUT2D eigenvalue weighted by Crippen LogP contribution is 2.13. The molecule has 56 heavy (non-hydrogen) atoms. The van der Waals surface area contributed by atoms with Crippen LogP contribution in [0.2, 0.25) is 0 Å². The molecule has 0 fully saturated rings. The SMILES string of the molecule is CCCCCCCCC[N+](C)(C)CCCCC.CCCCCCCCC[N+](C)(C)CCCCC.CCCCCCCCC[N+](C)(C)CCCCC.O=P([O-])([O-])[O-]. The van der Waals surface area contributed by atoms with Crippen molar-refractivity contribution in [1.82, 2.24) is 0 Å². The van der Waals surface area contributed by atoms with Gasteiger partial charge in [-0.2, -0.15) is 7.82 Å². The van der Waals surface area contributed by atoms with E-state index < -0.39 is 7.82 Å². The van der Waals surface area contributed by atoms with Gasteiger partial charge in [0, 0.05) is 0 Å². The Labute approximate surface area is 355 Å². The molecule has 0 rings (SSSR count). The van der Waals surface area contributed by atoms with Crippen LogP contribution < -0.4 is 14.7 Å². The van der Waals surface area contributed by atoms with Gasteiger partial charge in [0.05, 0.1) is 81.6 Å². The van der Waals surface area contributed by atoms with Crippen LogP contribution in [-0.2, 0) is 4.57 Å². The van der Waals surface area contributed by atoms with E-state index in [1.807, 2.05) is 0 Å². The van der Waals surface area contributed by atoms with Gasteiger partial charge >= 0.3 is 0 Å². The highest BCUT2D eigenvalue weighted by Gasteiger charge is 2.15. The van der Waals surface area contributed by atoms with Crippen LogP contribution in [0.1, 0.15) is 234 Å². The molecule has 0 aliphatic rings. The molecule has 0 aliphatic heterocycles. The average Bonchev–Trinajstić information content (AvgIpc) is 3.10. The molecule has 0 saturated heterocycles. The Morgan fingerprint density at radius 1 is 0.268 bits per heavy atom. The van der Waals surface area contributed by atoms with E-state index in [0.717, 1.165) is 0 Å². The van der Waals surface area contributed by atoms with Crippen molar-refractivity contribution in [2.45, 2.75) is 234 Å². The van der Waals surface area contributed by atoms with Gasteiger partial charge < -0.3 is 32.7 Å². The van der Waals surface area contributed by atoms with E-state index in [1.54, 1.807) is 0 Å². The highest BCUT2D eigenvalue weighted by atomic mass is 31.2. The molecular formula is C48H108N3O4P. The number of rotatable bonds is 36. The maximum Gasteiger partial charge on any atom is 0.0782 e. The van der Waals surface area contributed by atoms with Crippen molar-refractivity contribution in [3.8, 4) is 0 Å². The molecule has 8 heteroatoms. The maximum atomic E-state index is 8.55. The summed E-state index contributed by atoms with van der Waals surface area (Å²) < 4.78 is 12.2. The van der Waals surface area contributed by atoms with E-state index in [-0.39, 0.29) is 0 Å². The van der Waals surface area contributed by atoms with Crippen molar-refractivity contribution in [3.05, 3.63) is 0 Å². The minimum Gasteiger partial charge on any atom is -0.822 e. The second-order valence-electron chi connectivity index (χ2n) is 19.1. The summed E-state index contributed by atoms with van der Waals surface area (Å²) in [5.74, 6) is 0. The number of nitrogens with zero attached hydrogens (tertiary/aromatic N) is 3. The summed E-state index contributed by atoms with van der Waals surface area (Å²) in [5, 5.41) is 0. The van der Waals surface area contributed by atoms with Crippen molar-refractivity contribution in [2.75, 3.05) is 81.6 Å². The number of hydrogen-bond acceptors (Lipinski definition) is 4. The summed E-state index contributed by atoms with van der Waals surface area (Å²) in [6.45, 7) is 21.9. The first-order valence-electron chi connectivity index (χ1n) is 24.6. The van der Waals surface area contributed by atoms with Gasteiger partial charge in [0.15, 0.2) is 0 Å². The lowest BCUT2D eigenvalue weighted by molar-refractivity contribution is -0.890. The molecule has 0 spiro atoms. The maximum absolute atomic E-state index is 8.55. The third kappa shape index (κ3) is 65.8. The fourth-order valence-electron chi connectivity index (χ4n) is 7.20. The van der Waals surface area contributed by atoms with Gasteiger partial charge in [-0.15, -0.1) is 0 Å². The zero-order valence-electron chi connectivity index (χ0n) is 40.9. The van der Waals surface area contributed by atoms with Crippen LogP contribution in [-0.4, -0.2) is 95.0 Å². The summed E-state index contributed by atoms with van der Waals surface area (Å²) in [5.41, 5.74) is 0. The number of unbranched alkanes of at least 4 members (excludes halogenated alkanes) is 24. The predicted molar refractivity (Wildman–Crippen MR) is 246 cm³/mol. The molecule has 0 bridgehead atoms. The van der Waals surface area contributed by atoms with Crippen molar-refractivity contribution >= 4 is 7.82 Å². The zero-order chi connectivity index (χ0) is 43.5. The molecule has 0 heterocycles. The van der Waals surface area contributed by atoms with Crippen LogP contribution in [0.3, 0.4) is 0 Å². The summed E-state index contributed by atoms with van der Waals surface area (Å²) >= 11 is 0. The zero-order valence-corrected chi connectivity index (χ0v) is 41.8. The quantitative estimate of drug-likeness (QED) is 0.0358. The fourth-order valence-corrected chi connectivity index (χ4v) is 7.20. The Kier molecular flexibility index (Phi) is 49.8. The molecule has 344 valence electrons. The Bertz CT molecular complexity index is 695. The van der Waals surface area contributed by atoms with Crippen LogP contribution >= 0.6 is 7.82 Å². The standard InChI is InChI=1S/3C16H36N.H3O4P/c3*1-5-7-9-10-11-12-14-16-17(3,4)15-13-8-6-2;1-5(2,3)4/h3*5-16H2,1-4H3;(H3,1,2,3,4)/q3*+1;/p-3. The average molecular weight is 822 g/mol. The molecule has 0 aromatic carbocycles. The third-order valence-electron chi connectivity index (χ3n) is 11.2. The van der Waals surface area contributed by atoms with E-state index in [9.17, 15) is 0 Å². The van der Waals surface area contributed by atoms with Crippen LogP contribution in [0.4, 0.5) is 0 Å². The summed E-state index contributed by atoms with van der Waals surface area (Å²) in [6, 6.07) is 0. The summed E-state index contributed by atoms with van der Waals surface area (Å²) in [7, 11) is 8.98. The van der Waals surface area contributed by atoms with Gasteiger partial charge in [0.1, 0.15) is 0 Å². The van der Waals surface area contributed by atoms with E-state index in [2.05, 4.69) is 83.8 Å². The van der Waals surface area contributed by atoms with Gasteiger partial charge in [-0.25, -0.2) is 0 Å². The first kappa shape index (κ1) is 62.6. The minimum absolute atomic E-state index is 1.23. The van der Waals surface area contributed by atoms with Gasteiger partial charge in [0.2, 0.25) is 0 Å². The molecule has 0 N–H and O–H groups in total. The summed E-state index contributed by atoms with van der Waals surface area (Å²) in [6.07, 6.45) is 42.5. The predicted octanol–water partition coefficient (Wildman–Crippen LogP) is 12.2. The lowest BCUT2D eigenvalue weighted by Crippen LogP contribution is -2.41. The lowest BCUT2D eigenvalue weighted by Gasteiger charge is -2.36. The van der Waals surface area contributed by atoms with Crippen molar-refractivity contribution in [3.63, 3.8) is 0 Å². The Morgan fingerprint density at radius 2 is 0.375 bits per heavy atom. The third-order valence-corrected chi connectivity index (χ3v) is 11.2. The molecule has 0 unspecified atom stereocenters. The Hall–Kier alpha value is -0.0100. The monoisotopic (exact) mass is 822 g/mol. The van der Waals surface area contributed by atoms with E-state index in [0.29, 0.717) is 0 Å². The van der Waals surface area contributed by atoms with E-state index in [4.69, 9.17) is 19.2 Å². The first-order valence-corrected chi connectivity index (χ1v) is 26.0. The normalized spacial score (nSPS) is 12.0. The minimum atomic E-state index is -5.39. The smallest absolute Gasteiger partial charge is 0.0782 e. The van der Waals surface area contributed by atoms with Crippen molar-refractivity contribution < 1.29 is 32.7 Å². The number of hydrogen-bond donors (Lipinski definition) is 0. The number of phosphoric acid groups is 1. The van der Waals surface area contributed by atoms with Gasteiger partial charge in [0.25, 0.3) is 0 Å². The van der Waals surface area contributed by atoms with Crippen LogP contribution in [0, 0.1) is 0 Å². The molecule has 0 aliphatic carbocycles. The second-order valence-corrected chi connectivity index (χ2v) is 20.0. The van der Waals surface area contributed by atoms with Gasteiger partial charge in [-0.3, -0.25) is 0 Å². The molecular weight excluding hydrogens is 714 g/mol. The van der Waals surface area contributed by atoms with Crippen molar-refractivity contribution in [1.29, 1.82) is 0 Å². The van der Waals surface area contributed by atoms with Gasteiger partial charge in [-0.05, 0) is 77.0 Å². The molecule has 0 radical (unpaired) electrons. The highest BCUT2D eigenvalue weighted by molar-refractivity contribution is 7.40. The molecule has 0 aromatic rings. The Balaban J connectivity index is -0.000000340. The van der Waals surface area contributed by atoms with Gasteiger partial charge in [-0.1, -0.05) is 157 Å². The second kappa shape index (κ2) is 44.5. The molecule has 0 atom stereocenters. The summed E-state index contributed by atoms with van der Waals surface area (Å²) in [4.78, 5) is 25.6. The topological polar surface area (TPSA) is 86.2 Å². The lowest BCUT2D eigenvalue weighted by atomic mass is 10.1. The molecule has 0 amide bonds. The fraction of sp³-hybridized carbons (Fsp3) is 1.00. The van der Waals surface area contributed by atoms with Crippen molar-refractivity contribution in [2.24, 2.45) is 0 Å². The van der Waals surface area contributed by atoms with Crippen LogP contribution in [0.5, 0.6) is 0 Å². The first-order chi connectivity index (χ1) is 26.4. The van der Waals surface area contributed by atoms with E-state index in [1.165, 1.54) is 245 Å². The largest absolute Gasteiger partial charge is 0.822 e. The number of quaternary nitrogens is 3. The van der Waals surface area contributed by atoms with E-state index >= 15 is 0 Å².